The number of halogens is 1. The Morgan fingerprint density at radius 2 is 1.82 bits per heavy atom. The zero-order valence-electron chi connectivity index (χ0n) is 17.7. The van der Waals surface area contributed by atoms with Gasteiger partial charge in [-0.2, -0.15) is 5.10 Å². The zero-order valence-corrected chi connectivity index (χ0v) is 18.5. The first-order chi connectivity index (χ1) is 16.0. The summed E-state index contributed by atoms with van der Waals surface area (Å²) in [7, 11) is 0. The molecule has 0 fully saturated rings. The average molecular weight is 465 g/mol. The normalized spacial score (nSPS) is 10.6. The molecule has 2 aromatic carbocycles. The number of benzene rings is 2. The van der Waals surface area contributed by atoms with Gasteiger partial charge in [-0.25, -0.2) is 4.68 Å². The number of hydrazine groups is 1. The summed E-state index contributed by atoms with van der Waals surface area (Å²) in [6.45, 7) is 2.08. The Hall–Kier alpha value is -4.04. The lowest BCUT2D eigenvalue weighted by Gasteiger charge is -2.09. The second kappa shape index (κ2) is 10.1. The largest absolute Gasteiger partial charge is 0.486 e. The van der Waals surface area contributed by atoms with Gasteiger partial charge in [0.1, 0.15) is 18.1 Å². The van der Waals surface area contributed by atoms with E-state index in [1.165, 1.54) is 12.3 Å². The predicted octanol–water partition coefficient (Wildman–Crippen LogP) is 4.33. The first kappa shape index (κ1) is 22.2. The second-order valence-electron chi connectivity index (χ2n) is 7.03. The van der Waals surface area contributed by atoms with Crippen LogP contribution in [0.4, 0.5) is 0 Å². The van der Waals surface area contributed by atoms with Crippen LogP contribution in [0, 0.1) is 0 Å². The van der Waals surface area contributed by atoms with E-state index in [0.717, 1.165) is 5.69 Å². The maximum atomic E-state index is 12.7. The molecule has 0 aliphatic heterocycles. The van der Waals surface area contributed by atoms with Crippen molar-refractivity contribution in [2.24, 2.45) is 0 Å². The maximum absolute atomic E-state index is 12.7. The first-order valence-corrected chi connectivity index (χ1v) is 10.6. The molecule has 2 heterocycles. The van der Waals surface area contributed by atoms with Crippen molar-refractivity contribution in [2.45, 2.75) is 20.0 Å². The fraction of sp³-hybridized carbons (Fsp3) is 0.125. The Balaban J connectivity index is 1.37. The summed E-state index contributed by atoms with van der Waals surface area (Å²) >= 11 is 6.07. The molecule has 0 unspecified atom stereocenters. The van der Waals surface area contributed by atoms with Gasteiger partial charge in [-0.05, 0) is 48.9 Å². The molecule has 0 saturated carbocycles. The van der Waals surface area contributed by atoms with Crippen LogP contribution in [0.3, 0.4) is 0 Å². The van der Waals surface area contributed by atoms with Crippen LogP contribution in [0.15, 0.2) is 77.3 Å². The van der Waals surface area contributed by atoms with Gasteiger partial charge in [-0.3, -0.25) is 20.4 Å². The van der Waals surface area contributed by atoms with Crippen molar-refractivity contribution in [3.8, 4) is 11.4 Å². The molecule has 4 rings (SSSR count). The maximum Gasteiger partial charge on any atom is 0.305 e. The standard InChI is InChI=1S/C24H21ClN4O4/c1-2-21-20(14-26-29(21)17-8-6-7-16(25)13-17)23(30)27-28-24(31)22-12-11-19(33-22)15-32-18-9-4-3-5-10-18/h3-14H,2,15H2,1H3,(H,27,30)(H,28,31). The van der Waals surface area contributed by atoms with E-state index in [0.29, 0.717) is 34.2 Å². The Bertz CT molecular complexity index is 1270. The molecule has 0 aliphatic carbocycles. The molecule has 0 saturated heterocycles. The Labute approximate surface area is 195 Å². The lowest BCUT2D eigenvalue weighted by atomic mass is 10.2. The van der Waals surface area contributed by atoms with Gasteiger partial charge in [0, 0.05) is 5.02 Å². The highest BCUT2D eigenvalue weighted by atomic mass is 35.5. The van der Waals surface area contributed by atoms with Crippen molar-refractivity contribution >= 4 is 23.4 Å². The smallest absolute Gasteiger partial charge is 0.305 e. The van der Waals surface area contributed by atoms with Crippen LogP contribution in [0.5, 0.6) is 5.75 Å². The number of hydrogen-bond acceptors (Lipinski definition) is 5. The van der Waals surface area contributed by atoms with Crippen molar-refractivity contribution in [2.75, 3.05) is 0 Å². The summed E-state index contributed by atoms with van der Waals surface area (Å²) in [4.78, 5) is 25.1. The van der Waals surface area contributed by atoms with Crippen LogP contribution in [-0.4, -0.2) is 21.6 Å². The molecule has 2 amide bonds. The Kier molecular flexibility index (Phi) is 6.75. The molecular weight excluding hydrogens is 444 g/mol. The number of aromatic nitrogens is 2. The van der Waals surface area contributed by atoms with E-state index < -0.39 is 11.8 Å². The molecule has 2 N–H and O–H groups in total. The third-order valence-corrected chi connectivity index (χ3v) is 5.04. The molecule has 0 radical (unpaired) electrons. The van der Waals surface area contributed by atoms with Gasteiger partial charge >= 0.3 is 5.91 Å². The van der Waals surface area contributed by atoms with Crippen LogP contribution in [0.25, 0.3) is 5.69 Å². The molecular formula is C24H21ClN4O4. The fourth-order valence-corrected chi connectivity index (χ4v) is 3.41. The predicted molar refractivity (Wildman–Crippen MR) is 122 cm³/mol. The number of ether oxygens (including phenoxy) is 1. The van der Waals surface area contributed by atoms with E-state index in [1.807, 2.05) is 43.3 Å². The molecule has 0 bridgehead atoms. The monoisotopic (exact) mass is 464 g/mol. The molecule has 0 aliphatic rings. The summed E-state index contributed by atoms with van der Waals surface area (Å²) in [5, 5.41) is 4.87. The van der Waals surface area contributed by atoms with Gasteiger partial charge in [-0.1, -0.05) is 42.8 Å². The lowest BCUT2D eigenvalue weighted by Crippen LogP contribution is -2.41. The number of carbonyl (C=O) groups is 2. The summed E-state index contributed by atoms with van der Waals surface area (Å²) in [6.07, 6.45) is 2.00. The number of nitrogens with one attached hydrogen (secondary N) is 2. The molecule has 168 valence electrons. The van der Waals surface area contributed by atoms with Gasteiger partial charge in [0.25, 0.3) is 5.91 Å². The first-order valence-electron chi connectivity index (χ1n) is 10.2. The second-order valence-corrected chi connectivity index (χ2v) is 7.46. The Morgan fingerprint density at radius 3 is 2.58 bits per heavy atom. The number of amides is 2. The van der Waals surface area contributed by atoms with Crippen molar-refractivity contribution < 1.29 is 18.7 Å². The summed E-state index contributed by atoms with van der Waals surface area (Å²) < 4.78 is 12.8. The van der Waals surface area contributed by atoms with E-state index in [-0.39, 0.29) is 12.4 Å². The van der Waals surface area contributed by atoms with Crippen LogP contribution in [-0.2, 0) is 13.0 Å². The summed E-state index contributed by atoms with van der Waals surface area (Å²) in [5.74, 6) is 0.137. The van der Waals surface area contributed by atoms with Crippen molar-refractivity contribution in [3.63, 3.8) is 0 Å². The summed E-state index contributed by atoms with van der Waals surface area (Å²) in [5.41, 5.74) is 6.53. The fourth-order valence-electron chi connectivity index (χ4n) is 3.23. The van der Waals surface area contributed by atoms with E-state index in [2.05, 4.69) is 16.0 Å². The summed E-state index contributed by atoms with van der Waals surface area (Å²) in [6, 6.07) is 19.6. The van der Waals surface area contributed by atoms with Gasteiger partial charge in [-0.15, -0.1) is 0 Å². The number of carbonyl (C=O) groups excluding carboxylic acids is 2. The van der Waals surface area contributed by atoms with Crippen molar-refractivity contribution in [1.29, 1.82) is 0 Å². The highest BCUT2D eigenvalue weighted by molar-refractivity contribution is 6.30. The molecule has 8 nitrogen and oxygen atoms in total. The van der Waals surface area contributed by atoms with Crippen molar-refractivity contribution in [3.05, 3.63) is 101 Å². The van der Waals surface area contributed by atoms with Crippen molar-refractivity contribution in [1.82, 2.24) is 20.6 Å². The molecule has 0 spiro atoms. The molecule has 2 aromatic heterocycles. The molecule has 9 heteroatoms. The van der Waals surface area contributed by atoms with Gasteiger partial charge in [0.05, 0.1) is 23.1 Å². The average Bonchev–Trinajstić information content (AvgIpc) is 3.49. The quantitative estimate of drug-likeness (QED) is 0.396. The van der Waals surface area contributed by atoms with Crippen LogP contribution in [0.1, 0.15) is 39.3 Å². The number of hydrogen-bond donors (Lipinski definition) is 2. The number of furan rings is 1. The van der Waals surface area contributed by atoms with E-state index in [9.17, 15) is 9.59 Å². The van der Waals surface area contributed by atoms with Crippen LogP contribution < -0.4 is 15.6 Å². The van der Waals surface area contributed by atoms with E-state index >= 15 is 0 Å². The van der Waals surface area contributed by atoms with Crippen LogP contribution >= 0.6 is 11.6 Å². The highest BCUT2D eigenvalue weighted by Gasteiger charge is 2.19. The van der Waals surface area contributed by atoms with Gasteiger partial charge in [0.2, 0.25) is 0 Å². The lowest BCUT2D eigenvalue weighted by molar-refractivity contribution is 0.0828. The number of para-hydroxylation sites is 1. The number of nitrogens with zero attached hydrogens (tertiary/aromatic N) is 2. The van der Waals surface area contributed by atoms with E-state index in [4.69, 9.17) is 20.8 Å². The minimum Gasteiger partial charge on any atom is -0.486 e. The third kappa shape index (κ3) is 5.24. The van der Waals surface area contributed by atoms with Crippen LogP contribution in [0.2, 0.25) is 5.02 Å². The highest BCUT2D eigenvalue weighted by Crippen LogP contribution is 2.19. The SMILES string of the molecule is CCc1c(C(=O)NNC(=O)c2ccc(COc3ccccc3)o2)cnn1-c1cccc(Cl)c1. The zero-order chi connectivity index (χ0) is 23.2. The molecule has 4 aromatic rings. The van der Waals surface area contributed by atoms with Gasteiger partial charge in [0.15, 0.2) is 5.76 Å². The number of rotatable bonds is 7. The molecule has 33 heavy (non-hydrogen) atoms. The minimum atomic E-state index is -0.588. The van der Waals surface area contributed by atoms with Gasteiger partial charge < -0.3 is 9.15 Å². The Morgan fingerprint density at radius 1 is 1.03 bits per heavy atom. The molecule has 0 atom stereocenters. The minimum absolute atomic E-state index is 0.0484. The topological polar surface area (TPSA) is 98.4 Å². The third-order valence-electron chi connectivity index (χ3n) is 4.80. The van der Waals surface area contributed by atoms with E-state index in [1.54, 1.807) is 28.9 Å².